The third-order valence-corrected chi connectivity index (χ3v) is 4.67. The van der Waals surface area contributed by atoms with Gasteiger partial charge in [0.2, 0.25) is 0 Å². The van der Waals surface area contributed by atoms with Crippen LogP contribution in [0.5, 0.6) is 0 Å². The van der Waals surface area contributed by atoms with E-state index in [-0.39, 0.29) is 0 Å². The zero-order valence-corrected chi connectivity index (χ0v) is 10.6. The lowest BCUT2D eigenvalue weighted by atomic mass is 9.98. The molecule has 1 fully saturated rings. The van der Waals surface area contributed by atoms with Gasteiger partial charge >= 0.3 is 0 Å². The molecular weight excluding hydrogens is 218 g/mol. The highest BCUT2D eigenvalue weighted by molar-refractivity contribution is 7.99. The molecular formula is C12H19N3S. The molecule has 1 N–H and O–H groups in total. The Balaban J connectivity index is 1.85. The molecule has 1 aromatic rings. The largest absolute Gasteiger partial charge is 0.331 e. The number of fused-ring (bicyclic) bond motifs is 1. The molecule has 88 valence electrons. The van der Waals surface area contributed by atoms with Crippen molar-refractivity contribution in [1.29, 1.82) is 0 Å². The fourth-order valence-electron chi connectivity index (χ4n) is 2.67. The van der Waals surface area contributed by atoms with Gasteiger partial charge in [0.15, 0.2) is 0 Å². The Kier molecular flexibility index (Phi) is 2.94. The minimum absolute atomic E-state index is 0.473. The molecule has 4 heteroatoms. The number of hydrogen-bond acceptors (Lipinski definition) is 3. The van der Waals surface area contributed by atoms with Crippen molar-refractivity contribution in [2.75, 3.05) is 18.1 Å². The SMILES string of the molecule is CC1CCn2c(cnc2C2CSCCN2)C1. The van der Waals surface area contributed by atoms with Crippen molar-refractivity contribution in [3.05, 3.63) is 17.7 Å². The van der Waals surface area contributed by atoms with Crippen molar-refractivity contribution in [3.63, 3.8) is 0 Å². The second-order valence-electron chi connectivity index (χ2n) is 4.94. The molecule has 3 nitrogen and oxygen atoms in total. The van der Waals surface area contributed by atoms with Gasteiger partial charge in [-0.2, -0.15) is 11.8 Å². The molecule has 2 unspecified atom stereocenters. The zero-order chi connectivity index (χ0) is 11.0. The standard InChI is InChI=1S/C12H19N3S/c1-9-2-4-15-10(6-9)7-14-12(15)11-8-16-5-3-13-11/h7,9,11,13H,2-6,8H2,1H3. The van der Waals surface area contributed by atoms with Crippen molar-refractivity contribution < 1.29 is 0 Å². The first-order chi connectivity index (χ1) is 7.84. The lowest BCUT2D eigenvalue weighted by molar-refractivity contribution is 0.396. The lowest BCUT2D eigenvalue weighted by Crippen LogP contribution is -2.33. The lowest BCUT2D eigenvalue weighted by Gasteiger charge is -2.27. The molecule has 16 heavy (non-hydrogen) atoms. The minimum atomic E-state index is 0.473. The third-order valence-electron chi connectivity index (χ3n) is 3.61. The molecule has 2 aliphatic rings. The van der Waals surface area contributed by atoms with Crippen LogP contribution in [0.2, 0.25) is 0 Å². The number of imidazole rings is 1. The Hall–Kier alpha value is -0.480. The number of aromatic nitrogens is 2. The van der Waals surface area contributed by atoms with E-state index in [2.05, 4.69) is 28.0 Å². The monoisotopic (exact) mass is 237 g/mol. The van der Waals surface area contributed by atoms with Crippen LogP contribution in [-0.4, -0.2) is 27.6 Å². The number of rotatable bonds is 1. The second kappa shape index (κ2) is 4.41. The van der Waals surface area contributed by atoms with Gasteiger partial charge in [-0.1, -0.05) is 6.92 Å². The Morgan fingerprint density at radius 3 is 3.31 bits per heavy atom. The Morgan fingerprint density at radius 2 is 2.50 bits per heavy atom. The van der Waals surface area contributed by atoms with Gasteiger partial charge in [-0.3, -0.25) is 0 Å². The number of nitrogens with zero attached hydrogens (tertiary/aromatic N) is 2. The Labute approximate surface area is 101 Å². The van der Waals surface area contributed by atoms with Crippen molar-refractivity contribution in [2.24, 2.45) is 5.92 Å². The highest BCUT2D eigenvalue weighted by atomic mass is 32.2. The molecule has 0 aliphatic carbocycles. The maximum atomic E-state index is 4.64. The van der Waals surface area contributed by atoms with Gasteiger partial charge in [0.25, 0.3) is 0 Å². The first kappa shape index (κ1) is 10.7. The summed E-state index contributed by atoms with van der Waals surface area (Å²) in [6.07, 6.45) is 4.59. The molecule has 0 spiro atoms. The van der Waals surface area contributed by atoms with Crippen LogP contribution in [0.3, 0.4) is 0 Å². The molecule has 0 amide bonds. The topological polar surface area (TPSA) is 29.9 Å². The van der Waals surface area contributed by atoms with Gasteiger partial charge < -0.3 is 9.88 Å². The average Bonchev–Trinajstić information content (AvgIpc) is 2.73. The van der Waals surface area contributed by atoms with Crippen LogP contribution in [0.4, 0.5) is 0 Å². The third kappa shape index (κ3) is 1.89. The average molecular weight is 237 g/mol. The van der Waals surface area contributed by atoms with E-state index in [0.29, 0.717) is 6.04 Å². The quantitative estimate of drug-likeness (QED) is 0.808. The number of hydrogen-bond donors (Lipinski definition) is 1. The van der Waals surface area contributed by atoms with Crippen LogP contribution in [-0.2, 0) is 13.0 Å². The summed E-state index contributed by atoms with van der Waals surface area (Å²) in [5.41, 5.74) is 1.44. The predicted molar refractivity (Wildman–Crippen MR) is 67.8 cm³/mol. The van der Waals surface area contributed by atoms with Gasteiger partial charge in [-0.15, -0.1) is 0 Å². The van der Waals surface area contributed by atoms with E-state index in [9.17, 15) is 0 Å². The highest BCUT2D eigenvalue weighted by Gasteiger charge is 2.24. The van der Waals surface area contributed by atoms with E-state index in [0.717, 1.165) is 19.0 Å². The maximum Gasteiger partial charge on any atom is 0.126 e. The Morgan fingerprint density at radius 1 is 1.56 bits per heavy atom. The van der Waals surface area contributed by atoms with Gasteiger partial charge in [-0.05, 0) is 18.8 Å². The van der Waals surface area contributed by atoms with Gasteiger partial charge in [-0.25, -0.2) is 4.98 Å². The molecule has 2 atom stereocenters. The van der Waals surface area contributed by atoms with E-state index >= 15 is 0 Å². The first-order valence-electron chi connectivity index (χ1n) is 6.20. The summed E-state index contributed by atoms with van der Waals surface area (Å²) in [5.74, 6) is 4.51. The molecule has 3 rings (SSSR count). The number of nitrogens with one attached hydrogen (secondary N) is 1. The van der Waals surface area contributed by atoms with Crippen molar-refractivity contribution in [1.82, 2.24) is 14.9 Å². The highest BCUT2D eigenvalue weighted by Crippen LogP contribution is 2.27. The summed E-state index contributed by atoms with van der Waals surface area (Å²) in [7, 11) is 0. The predicted octanol–water partition coefficient (Wildman–Crippen LogP) is 1.84. The van der Waals surface area contributed by atoms with Gasteiger partial charge in [0, 0.05) is 36.5 Å². The van der Waals surface area contributed by atoms with Gasteiger partial charge in [0.1, 0.15) is 5.82 Å². The smallest absolute Gasteiger partial charge is 0.126 e. The maximum absolute atomic E-state index is 4.64. The second-order valence-corrected chi connectivity index (χ2v) is 6.09. The molecule has 1 saturated heterocycles. The molecule has 0 aromatic carbocycles. The zero-order valence-electron chi connectivity index (χ0n) is 9.78. The van der Waals surface area contributed by atoms with Crippen LogP contribution in [0, 0.1) is 5.92 Å². The number of thioether (sulfide) groups is 1. The van der Waals surface area contributed by atoms with Crippen LogP contribution in [0.25, 0.3) is 0 Å². The van der Waals surface area contributed by atoms with E-state index in [1.165, 1.54) is 35.9 Å². The normalized spacial score (nSPS) is 30.1. The minimum Gasteiger partial charge on any atom is -0.331 e. The summed E-state index contributed by atoms with van der Waals surface area (Å²) in [6.45, 7) is 4.62. The fraction of sp³-hybridized carbons (Fsp3) is 0.750. The summed E-state index contributed by atoms with van der Waals surface area (Å²) < 4.78 is 2.45. The molecule has 1 aromatic heterocycles. The van der Waals surface area contributed by atoms with Crippen molar-refractivity contribution in [2.45, 2.75) is 32.4 Å². The van der Waals surface area contributed by atoms with E-state index in [1.54, 1.807) is 0 Å². The Bertz CT molecular complexity index is 368. The fourth-order valence-corrected chi connectivity index (χ4v) is 3.60. The van der Waals surface area contributed by atoms with E-state index < -0.39 is 0 Å². The van der Waals surface area contributed by atoms with E-state index in [4.69, 9.17) is 0 Å². The molecule has 0 bridgehead atoms. The van der Waals surface area contributed by atoms with Crippen LogP contribution in [0.15, 0.2) is 6.20 Å². The molecule has 0 radical (unpaired) electrons. The van der Waals surface area contributed by atoms with Gasteiger partial charge in [0.05, 0.1) is 6.04 Å². The van der Waals surface area contributed by atoms with Crippen molar-refractivity contribution in [3.8, 4) is 0 Å². The van der Waals surface area contributed by atoms with Crippen LogP contribution < -0.4 is 5.32 Å². The summed E-state index contributed by atoms with van der Waals surface area (Å²) in [4.78, 5) is 4.64. The summed E-state index contributed by atoms with van der Waals surface area (Å²) >= 11 is 2.04. The summed E-state index contributed by atoms with van der Waals surface area (Å²) in [6, 6.07) is 0.473. The van der Waals surface area contributed by atoms with Crippen molar-refractivity contribution >= 4 is 11.8 Å². The molecule has 2 aliphatic heterocycles. The van der Waals surface area contributed by atoms with Crippen LogP contribution in [0.1, 0.15) is 30.9 Å². The van der Waals surface area contributed by atoms with E-state index in [1.807, 2.05) is 11.8 Å². The summed E-state index contributed by atoms with van der Waals surface area (Å²) in [5, 5.41) is 3.58. The molecule has 3 heterocycles. The molecule has 0 saturated carbocycles. The van der Waals surface area contributed by atoms with Crippen LogP contribution >= 0.6 is 11.8 Å². The first-order valence-corrected chi connectivity index (χ1v) is 7.35.